The van der Waals surface area contributed by atoms with Crippen molar-refractivity contribution in [3.8, 4) is 0 Å². The molecule has 0 spiro atoms. The first-order chi connectivity index (χ1) is 16.4. The summed E-state index contributed by atoms with van der Waals surface area (Å²) in [5.74, 6) is 1.74. The largest absolute Gasteiger partial charge is 0.390 e. The van der Waals surface area contributed by atoms with Crippen LogP contribution in [0.15, 0.2) is 30.7 Å². The van der Waals surface area contributed by atoms with Gasteiger partial charge in [-0.3, -0.25) is 4.79 Å². The molecule has 3 aromatic heterocycles. The van der Waals surface area contributed by atoms with E-state index in [9.17, 15) is 14.3 Å². The van der Waals surface area contributed by atoms with Crippen molar-refractivity contribution in [2.45, 2.75) is 57.8 Å². The zero-order chi connectivity index (χ0) is 23.8. The van der Waals surface area contributed by atoms with Gasteiger partial charge in [-0.05, 0) is 32.3 Å². The Labute approximate surface area is 197 Å². The average Bonchev–Trinajstić information content (AvgIpc) is 3.43. The number of piperidine rings is 1. The van der Waals surface area contributed by atoms with Gasteiger partial charge in [0.1, 0.15) is 17.8 Å². The molecular weight excluding hydrogens is 437 g/mol. The fourth-order valence-corrected chi connectivity index (χ4v) is 4.65. The van der Waals surface area contributed by atoms with E-state index in [2.05, 4.69) is 44.9 Å². The third kappa shape index (κ3) is 4.18. The first-order valence-corrected chi connectivity index (χ1v) is 11.9. The Kier molecular flexibility index (Phi) is 6.07. The first-order valence-electron chi connectivity index (χ1n) is 11.9. The van der Waals surface area contributed by atoms with Gasteiger partial charge in [0.05, 0.1) is 23.9 Å². The maximum Gasteiger partial charge on any atom is 0.227 e. The van der Waals surface area contributed by atoms with E-state index in [0.29, 0.717) is 37.0 Å². The van der Waals surface area contributed by atoms with Crippen LogP contribution in [0.1, 0.15) is 45.6 Å². The molecule has 2 N–H and O–H groups in total. The number of nitrogens with one attached hydrogen (secondary N) is 1. The molecule has 0 aromatic carbocycles. The molecule has 1 unspecified atom stereocenters. The SMILES string of the molecule is CCC(C)n1cc(N2CCCC2=O)c2cnc(Nc3ccnc(N4CC[C@@H](O)[C@@H](F)C4)n3)cc21. The van der Waals surface area contributed by atoms with Gasteiger partial charge >= 0.3 is 0 Å². The highest BCUT2D eigenvalue weighted by Crippen LogP contribution is 2.35. The Morgan fingerprint density at radius 1 is 1.29 bits per heavy atom. The highest BCUT2D eigenvalue weighted by atomic mass is 19.1. The minimum Gasteiger partial charge on any atom is -0.390 e. The molecule has 5 heterocycles. The van der Waals surface area contributed by atoms with Crippen molar-refractivity contribution < 1.29 is 14.3 Å². The summed E-state index contributed by atoms with van der Waals surface area (Å²) in [4.78, 5) is 29.4. The molecule has 2 aliphatic rings. The molecule has 0 bridgehead atoms. The van der Waals surface area contributed by atoms with Crippen LogP contribution in [0.4, 0.5) is 27.7 Å². The fraction of sp³-hybridized carbons (Fsp3) is 0.500. The van der Waals surface area contributed by atoms with Crippen molar-refractivity contribution >= 4 is 40.1 Å². The summed E-state index contributed by atoms with van der Waals surface area (Å²) in [6, 6.07) is 3.98. The van der Waals surface area contributed by atoms with Gasteiger partial charge in [0.15, 0.2) is 0 Å². The van der Waals surface area contributed by atoms with E-state index < -0.39 is 12.3 Å². The second kappa shape index (κ2) is 9.17. The quantitative estimate of drug-likeness (QED) is 0.572. The van der Waals surface area contributed by atoms with Gasteiger partial charge < -0.3 is 24.8 Å². The highest BCUT2D eigenvalue weighted by Gasteiger charge is 2.29. The number of pyridine rings is 1. The third-order valence-electron chi connectivity index (χ3n) is 6.82. The number of aliphatic hydroxyl groups is 1. The number of carbonyl (C=O) groups excluding carboxylic acids is 1. The molecule has 10 heteroatoms. The third-order valence-corrected chi connectivity index (χ3v) is 6.82. The molecular formula is C24H30FN7O2. The summed E-state index contributed by atoms with van der Waals surface area (Å²) in [5.41, 5.74) is 1.91. The topological polar surface area (TPSA) is 99.4 Å². The smallest absolute Gasteiger partial charge is 0.227 e. The first kappa shape index (κ1) is 22.5. The van der Waals surface area contributed by atoms with Crippen LogP contribution in [-0.4, -0.2) is 62.4 Å². The standard InChI is InChI=1S/C24H30FN7O2/c1-3-15(2)32-14-19(31-9-4-5-23(31)34)16-12-27-22(11-18(16)32)28-21-6-8-26-24(29-21)30-10-7-20(33)17(25)13-30/h6,8,11-12,14-15,17,20,33H,3-5,7,9-10,13H2,1-2H3,(H,26,27,28,29)/t15?,17-,20+/m0/s1. The van der Waals surface area contributed by atoms with E-state index in [-0.39, 0.29) is 18.5 Å². The van der Waals surface area contributed by atoms with Crippen molar-refractivity contribution in [3.63, 3.8) is 0 Å². The summed E-state index contributed by atoms with van der Waals surface area (Å²) >= 11 is 0. The second-order valence-electron chi connectivity index (χ2n) is 9.10. The molecule has 2 aliphatic heterocycles. The maximum absolute atomic E-state index is 14.0. The van der Waals surface area contributed by atoms with E-state index in [1.54, 1.807) is 23.4 Å². The summed E-state index contributed by atoms with van der Waals surface area (Å²) < 4.78 is 16.2. The molecule has 3 atom stereocenters. The van der Waals surface area contributed by atoms with Gasteiger partial charge in [-0.2, -0.15) is 4.98 Å². The molecule has 3 aromatic rings. The summed E-state index contributed by atoms with van der Waals surface area (Å²) in [5, 5.41) is 13.8. The van der Waals surface area contributed by atoms with Gasteiger partial charge in [0.2, 0.25) is 11.9 Å². The molecule has 34 heavy (non-hydrogen) atoms. The predicted octanol–water partition coefficient (Wildman–Crippen LogP) is 3.58. The number of amides is 1. The number of carbonyl (C=O) groups is 1. The van der Waals surface area contributed by atoms with E-state index in [1.807, 2.05) is 11.0 Å². The van der Waals surface area contributed by atoms with Gasteiger partial charge in [-0.25, -0.2) is 14.4 Å². The molecule has 0 saturated carbocycles. The van der Waals surface area contributed by atoms with Crippen molar-refractivity contribution in [2.24, 2.45) is 0 Å². The number of anilines is 4. The van der Waals surface area contributed by atoms with Crippen LogP contribution >= 0.6 is 0 Å². The highest BCUT2D eigenvalue weighted by molar-refractivity contribution is 6.05. The van der Waals surface area contributed by atoms with Crippen LogP contribution in [0.2, 0.25) is 0 Å². The molecule has 2 saturated heterocycles. The molecule has 0 aliphatic carbocycles. The second-order valence-corrected chi connectivity index (χ2v) is 9.10. The summed E-state index contributed by atoms with van der Waals surface area (Å²) in [7, 11) is 0. The van der Waals surface area contributed by atoms with E-state index in [4.69, 9.17) is 0 Å². The molecule has 180 valence electrons. The zero-order valence-electron chi connectivity index (χ0n) is 19.5. The Hall–Kier alpha value is -3.27. The minimum absolute atomic E-state index is 0.0647. The number of nitrogens with zero attached hydrogens (tertiary/aromatic N) is 6. The lowest BCUT2D eigenvalue weighted by Gasteiger charge is -2.32. The van der Waals surface area contributed by atoms with Crippen LogP contribution in [0, 0.1) is 0 Å². The van der Waals surface area contributed by atoms with E-state index >= 15 is 0 Å². The lowest BCUT2D eigenvalue weighted by atomic mass is 10.1. The number of alkyl halides is 1. The number of aromatic nitrogens is 4. The summed E-state index contributed by atoms with van der Waals surface area (Å²) in [6.45, 7) is 5.59. The Bertz CT molecular complexity index is 1200. The lowest BCUT2D eigenvalue weighted by Crippen LogP contribution is -2.45. The fourth-order valence-electron chi connectivity index (χ4n) is 4.65. The Morgan fingerprint density at radius 3 is 2.88 bits per heavy atom. The number of halogens is 1. The summed E-state index contributed by atoms with van der Waals surface area (Å²) in [6.07, 6.45) is 6.00. The van der Waals surface area contributed by atoms with E-state index in [1.165, 1.54) is 0 Å². The minimum atomic E-state index is -1.32. The van der Waals surface area contributed by atoms with Gasteiger partial charge in [-0.15, -0.1) is 0 Å². The zero-order valence-corrected chi connectivity index (χ0v) is 19.5. The molecule has 1 amide bonds. The van der Waals surface area contributed by atoms with Crippen LogP contribution in [-0.2, 0) is 4.79 Å². The van der Waals surface area contributed by atoms with Crippen LogP contribution in [0.25, 0.3) is 10.9 Å². The Morgan fingerprint density at radius 2 is 2.15 bits per heavy atom. The van der Waals surface area contributed by atoms with Crippen molar-refractivity contribution in [2.75, 3.05) is 34.8 Å². The number of hydrogen-bond donors (Lipinski definition) is 2. The molecule has 9 nitrogen and oxygen atoms in total. The van der Waals surface area contributed by atoms with Crippen molar-refractivity contribution in [1.82, 2.24) is 19.5 Å². The lowest BCUT2D eigenvalue weighted by molar-refractivity contribution is -0.117. The number of rotatable bonds is 6. The normalized spacial score (nSPS) is 21.9. The molecule has 2 fully saturated rings. The number of aliphatic hydroxyl groups excluding tert-OH is 1. The van der Waals surface area contributed by atoms with Crippen LogP contribution in [0.3, 0.4) is 0 Å². The van der Waals surface area contributed by atoms with Crippen LogP contribution in [0.5, 0.6) is 0 Å². The average molecular weight is 468 g/mol. The van der Waals surface area contributed by atoms with Gasteiger partial charge in [-0.1, -0.05) is 6.92 Å². The van der Waals surface area contributed by atoms with Gasteiger partial charge in [0, 0.05) is 55.6 Å². The Balaban J connectivity index is 1.44. The van der Waals surface area contributed by atoms with E-state index in [0.717, 1.165) is 36.0 Å². The monoisotopic (exact) mass is 467 g/mol. The van der Waals surface area contributed by atoms with Crippen LogP contribution < -0.4 is 15.1 Å². The van der Waals surface area contributed by atoms with Crippen molar-refractivity contribution in [3.05, 3.63) is 30.7 Å². The molecule has 5 rings (SSSR count). The van der Waals surface area contributed by atoms with Crippen molar-refractivity contribution in [1.29, 1.82) is 0 Å². The van der Waals surface area contributed by atoms with Gasteiger partial charge in [0.25, 0.3) is 0 Å². The predicted molar refractivity (Wildman–Crippen MR) is 129 cm³/mol. The number of fused-ring (bicyclic) bond motifs is 1. The number of hydrogen-bond acceptors (Lipinski definition) is 7. The molecule has 0 radical (unpaired) electrons. The maximum atomic E-state index is 14.0.